The molecular weight excluding hydrogens is 504 g/mol. The van der Waals surface area contributed by atoms with Gasteiger partial charge in [0.1, 0.15) is 16.7 Å². The van der Waals surface area contributed by atoms with E-state index >= 15 is 0 Å². The molecule has 0 atom stereocenters. The molecule has 0 aliphatic carbocycles. The second kappa shape index (κ2) is 11.1. The Hall–Kier alpha value is -2.75. The van der Waals surface area contributed by atoms with Gasteiger partial charge in [0.25, 0.3) is 0 Å². The van der Waals surface area contributed by atoms with Crippen LogP contribution in [0.2, 0.25) is 5.02 Å². The Bertz CT molecular complexity index is 1180. The van der Waals surface area contributed by atoms with Crippen LogP contribution in [-0.2, 0) is 4.74 Å². The first-order valence-corrected chi connectivity index (χ1v) is 13.4. The Labute approximate surface area is 219 Å². The van der Waals surface area contributed by atoms with Gasteiger partial charge < -0.3 is 24.8 Å². The van der Waals surface area contributed by atoms with E-state index < -0.39 is 16.7 Å². The summed E-state index contributed by atoms with van der Waals surface area (Å²) < 4.78 is 33.8. The second-order valence-electron chi connectivity index (χ2n) is 8.71. The van der Waals surface area contributed by atoms with E-state index in [0.29, 0.717) is 24.7 Å². The van der Waals surface area contributed by atoms with E-state index in [2.05, 4.69) is 38.3 Å². The Morgan fingerprint density at radius 2 is 1.67 bits per heavy atom. The summed E-state index contributed by atoms with van der Waals surface area (Å²) in [6.07, 6.45) is 1.66. The molecule has 2 aliphatic heterocycles. The first-order valence-electron chi connectivity index (χ1n) is 11.9. The van der Waals surface area contributed by atoms with E-state index in [4.69, 9.17) is 16.3 Å². The van der Waals surface area contributed by atoms with Crippen molar-refractivity contribution in [3.05, 3.63) is 65.3 Å². The van der Waals surface area contributed by atoms with Gasteiger partial charge in [-0.05, 0) is 36.4 Å². The van der Waals surface area contributed by atoms with Crippen LogP contribution in [0.15, 0.2) is 48.7 Å². The van der Waals surface area contributed by atoms with Crippen LogP contribution < -0.4 is 20.0 Å². The SMILES string of the molecule is CN(c1ccnc(Nc2cc(N3CCOCC3)cc(N3CCSCC3)c2)c1)c1ccc(F)c(Cl)c1F. The van der Waals surface area contributed by atoms with Crippen molar-refractivity contribution in [1.29, 1.82) is 0 Å². The van der Waals surface area contributed by atoms with Gasteiger partial charge in [-0.25, -0.2) is 13.8 Å². The van der Waals surface area contributed by atoms with Crippen LogP contribution in [0, 0.1) is 11.6 Å². The molecule has 0 amide bonds. The van der Waals surface area contributed by atoms with Crippen LogP contribution in [0.25, 0.3) is 0 Å². The number of morpholine rings is 1. The van der Waals surface area contributed by atoms with E-state index in [1.54, 1.807) is 24.2 Å². The van der Waals surface area contributed by atoms with Crippen molar-refractivity contribution in [2.24, 2.45) is 0 Å². The van der Waals surface area contributed by atoms with Crippen LogP contribution in [0.5, 0.6) is 0 Å². The molecule has 0 unspecified atom stereocenters. The lowest BCUT2D eigenvalue weighted by molar-refractivity contribution is 0.122. The van der Waals surface area contributed by atoms with Crippen LogP contribution in [0.3, 0.4) is 0 Å². The number of pyridine rings is 1. The highest BCUT2D eigenvalue weighted by molar-refractivity contribution is 7.99. The van der Waals surface area contributed by atoms with Gasteiger partial charge in [0.05, 0.1) is 18.9 Å². The highest BCUT2D eigenvalue weighted by Gasteiger charge is 2.19. The van der Waals surface area contributed by atoms with Crippen molar-refractivity contribution >= 4 is 57.6 Å². The molecule has 3 heterocycles. The molecule has 36 heavy (non-hydrogen) atoms. The van der Waals surface area contributed by atoms with Gasteiger partial charge in [-0.15, -0.1) is 0 Å². The van der Waals surface area contributed by atoms with E-state index in [-0.39, 0.29) is 5.69 Å². The summed E-state index contributed by atoms with van der Waals surface area (Å²) >= 11 is 7.77. The van der Waals surface area contributed by atoms with E-state index in [0.717, 1.165) is 55.1 Å². The molecule has 6 nitrogen and oxygen atoms in total. The summed E-state index contributed by atoms with van der Waals surface area (Å²) in [5.41, 5.74) is 4.12. The molecule has 1 aromatic heterocycles. The molecule has 0 bridgehead atoms. The number of hydrogen-bond donors (Lipinski definition) is 1. The highest BCUT2D eigenvalue weighted by atomic mass is 35.5. The minimum absolute atomic E-state index is 0.179. The number of benzene rings is 2. The van der Waals surface area contributed by atoms with E-state index in [9.17, 15) is 8.78 Å². The van der Waals surface area contributed by atoms with Crippen molar-refractivity contribution in [1.82, 2.24) is 4.98 Å². The molecule has 0 saturated carbocycles. The Balaban J connectivity index is 1.43. The average molecular weight is 532 g/mol. The third-order valence-electron chi connectivity index (χ3n) is 6.43. The summed E-state index contributed by atoms with van der Waals surface area (Å²) in [7, 11) is 1.71. The van der Waals surface area contributed by atoms with Crippen molar-refractivity contribution in [2.75, 3.05) is 78.0 Å². The molecule has 5 rings (SSSR count). The summed E-state index contributed by atoms with van der Waals surface area (Å²) in [5, 5.41) is 2.92. The lowest BCUT2D eigenvalue weighted by Crippen LogP contribution is -2.37. The maximum atomic E-state index is 14.6. The minimum Gasteiger partial charge on any atom is -0.378 e. The van der Waals surface area contributed by atoms with Crippen LogP contribution in [0.4, 0.5) is 43.0 Å². The molecule has 0 radical (unpaired) electrons. The zero-order chi connectivity index (χ0) is 25.1. The number of halogens is 3. The van der Waals surface area contributed by atoms with Crippen LogP contribution >= 0.6 is 23.4 Å². The molecule has 2 aromatic carbocycles. The number of rotatable bonds is 6. The number of ether oxygens (including phenoxy) is 1. The molecule has 10 heteroatoms. The molecule has 0 spiro atoms. The van der Waals surface area contributed by atoms with Gasteiger partial charge in [-0.3, -0.25) is 0 Å². The molecule has 3 aromatic rings. The number of nitrogens with one attached hydrogen (secondary N) is 1. The Kier molecular flexibility index (Phi) is 7.69. The quantitative estimate of drug-likeness (QED) is 0.396. The van der Waals surface area contributed by atoms with Gasteiger partial charge in [0.2, 0.25) is 0 Å². The van der Waals surface area contributed by atoms with E-state index in [1.165, 1.54) is 11.8 Å². The number of hydrogen-bond acceptors (Lipinski definition) is 7. The third-order valence-corrected chi connectivity index (χ3v) is 7.72. The number of anilines is 6. The fourth-order valence-electron chi connectivity index (χ4n) is 4.43. The zero-order valence-electron chi connectivity index (χ0n) is 20.0. The fraction of sp³-hybridized carbons (Fsp3) is 0.346. The van der Waals surface area contributed by atoms with E-state index in [1.807, 2.05) is 17.8 Å². The summed E-state index contributed by atoms with van der Waals surface area (Å²) in [4.78, 5) is 10.9. The first-order chi connectivity index (χ1) is 17.5. The molecule has 1 N–H and O–H groups in total. The maximum Gasteiger partial charge on any atom is 0.168 e. The fourth-order valence-corrected chi connectivity index (χ4v) is 5.50. The number of thioether (sulfide) groups is 1. The zero-order valence-corrected chi connectivity index (χ0v) is 21.6. The average Bonchev–Trinajstić information content (AvgIpc) is 2.92. The highest BCUT2D eigenvalue weighted by Crippen LogP contribution is 2.34. The standard InChI is InChI=1S/C26H28ClF2N5OS/c1-32(23-3-2-22(28)25(27)26(23)29)19-4-5-30-24(17-19)31-18-14-20(33-6-10-35-11-7-33)16-21(15-18)34-8-12-36-13-9-34/h2-5,14-17H,6-13H2,1H3,(H,30,31). The molecule has 2 aliphatic rings. The number of aromatic nitrogens is 1. The summed E-state index contributed by atoms with van der Waals surface area (Å²) in [5.74, 6) is 1.27. The van der Waals surface area contributed by atoms with Crippen molar-refractivity contribution in [3.8, 4) is 0 Å². The van der Waals surface area contributed by atoms with Gasteiger partial charge >= 0.3 is 0 Å². The van der Waals surface area contributed by atoms with Gasteiger partial charge in [-0.1, -0.05) is 11.6 Å². The van der Waals surface area contributed by atoms with Crippen LogP contribution in [0.1, 0.15) is 0 Å². The monoisotopic (exact) mass is 531 g/mol. The Morgan fingerprint density at radius 3 is 2.39 bits per heavy atom. The largest absolute Gasteiger partial charge is 0.378 e. The lowest BCUT2D eigenvalue weighted by atomic mass is 10.2. The van der Waals surface area contributed by atoms with Gasteiger partial charge in [-0.2, -0.15) is 11.8 Å². The predicted octanol–water partition coefficient (Wildman–Crippen LogP) is 5.91. The second-order valence-corrected chi connectivity index (χ2v) is 10.3. The summed E-state index contributed by atoms with van der Waals surface area (Å²) in [6.45, 7) is 5.16. The van der Waals surface area contributed by atoms with Crippen molar-refractivity contribution in [2.45, 2.75) is 0 Å². The normalized spacial score (nSPS) is 16.2. The molecule has 190 valence electrons. The van der Waals surface area contributed by atoms with Crippen molar-refractivity contribution in [3.63, 3.8) is 0 Å². The van der Waals surface area contributed by atoms with Gasteiger partial charge in [0.15, 0.2) is 5.82 Å². The molecule has 2 saturated heterocycles. The maximum absolute atomic E-state index is 14.6. The Morgan fingerprint density at radius 1 is 0.972 bits per heavy atom. The lowest BCUT2D eigenvalue weighted by Gasteiger charge is -2.33. The first kappa shape index (κ1) is 24.9. The van der Waals surface area contributed by atoms with Gasteiger partial charge in [0, 0.05) is 79.7 Å². The molecule has 2 fully saturated rings. The number of nitrogens with zero attached hydrogens (tertiary/aromatic N) is 4. The summed E-state index contributed by atoms with van der Waals surface area (Å²) in [6, 6.07) is 12.7. The smallest absolute Gasteiger partial charge is 0.168 e. The minimum atomic E-state index is -0.798. The predicted molar refractivity (Wildman–Crippen MR) is 146 cm³/mol. The van der Waals surface area contributed by atoms with Crippen LogP contribution in [-0.4, -0.2) is 62.9 Å². The third kappa shape index (κ3) is 5.48. The molecular formula is C26H28ClF2N5OS. The van der Waals surface area contributed by atoms with Crippen molar-refractivity contribution < 1.29 is 13.5 Å². The topological polar surface area (TPSA) is 43.9 Å².